The number of aryl methyl sites for hydroxylation is 1. The highest BCUT2D eigenvalue weighted by molar-refractivity contribution is 6.30. The van der Waals surface area contributed by atoms with Gasteiger partial charge in [-0.15, -0.1) is 0 Å². The average Bonchev–Trinajstić information content (AvgIpc) is 2.38. The summed E-state index contributed by atoms with van der Waals surface area (Å²) in [7, 11) is 0. The van der Waals surface area contributed by atoms with Gasteiger partial charge in [0.25, 0.3) is 5.91 Å². The van der Waals surface area contributed by atoms with Crippen molar-refractivity contribution in [2.75, 3.05) is 0 Å². The van der Waals surface area contributed by atoms with Crippen molar-refractivity contribution < 1.29 is 4.79 Å². The molecule has 0 atom stereocenters. The Hall–Kier alpha value is -2.13. The highest BCUT2D eigenvalue weighted by Crippen LogP contribution is 2.10. The number of halogens is 1. The molecule has 2 aromatic rings. The zero-order valence-electron chi connectivity index (χ0n) is 10.4. The van der Waals surface area contributed by atoms with E-state index < -0.39 is 0 Å². The van der Waals surface area contributed by atoms with Gasteiger partial charge in [-0.3, -0.25) is 4.79 Å². The largest absolute Gasteiger partial charge is 0.271 e. The van der Waals surface area contributed by atoms with E-state index in [1.54, 1.807) is 30.5 Å². The van der Waals surface area contributed by atoms with Gasteiger partial charge in [0.1, 0.15) is 0 Å². The van der Waals surface area contributed by atoms with Crippen LogP contribution in [0.4, 0.5) is 0 Å². The molecule has 2 aromatic carbocycles. The maximum atomic E-state index is 11.8. The fraction of sp³-hybridized carbons (Fsp3) is 0.0667. The minimum Gasteiger partial charge on any atom is -0.267 e. The van der Waals surface area contributed by atoms with Gasteiger partial charge in [-0.05, 0) is 30.7 Å². The number of nitrogens with one attached hydrogen (secondary N) is 1. The molecule has 3 nitrogen and oxygen atoms in total. The highest BCUT2D eigenvalue weighted by atomic mass is 35.5. The predicted molar refractivity (Wildman–Crippen MR) is 77.7 cm³/mol. The lowest BCUT2D eigenvalue weighted by Crippen LogP contribution is -2.17. The number of rotatable bonds is 3. The van der Waals surface area contributed by atoms with E-state index in [0.29, 0.717) is 10.6 Å². The van der Waals surface area contributed by atoms with E-state index in [-0.39, 0.29) is 5.91 Å². The molecule has 0 aliphatic carbocycles. The smallest absolute Gasteiger partial charge is 0.267 e. The van der Waals surface area contributed by atoms with Gasteiger partial charge in [0.2, 0.25) is 0 Å². The van der Waals surface area contributed by atoms with Crippen molar-refractivity contribution in [2.45, 2.75) is 6.92 Å². The maximum absolute atomic E-state index is 11.8. The monoisotopic (exact) mass is 272 g/mol. The third kappa shape index (κ3) is 3.93. The van der Waals surface area contributed by atoms with Gasteiger partial charge in [0.05, 0.1) is 6.21 Å². The standard InChI is InChI=1S/C15H13ClN2O/c1-11-4-2-5-12(8-11)10-17-18-15(19)13-6-3-7-14(16)9-13/h2-10H,1H3,(H,18,19). The van der Waals surface area contributed by atoms with Crippen molar-refractivity contribution in [3.05, 3.63) is 70.2 Å². The molecule has 19 heavy (non-hydrogen) atoms. The summed E-state index contributed by atoms with van der Waals surface area (Å²) in [5.41, 5.74) is 5.03. The molecule has 4 heteroatoms. The molecule has 1 amide bonds. The first-order valence-corrected chi connectivity index (χ1v) is 6.18. The van der Waals surface area contributed by atoms with Crippen molar-refractivity contribution in [2.24, 2.45) is 5.10 Å². The van der Waals surface area contributed by atoms with Crippen LogP contribution in [0.3, 0.4) is 0 Å². The van der Waals surface area contributed by atoms with Crippen LogP contribution in [0.25, 0.3) is 0 Å². The molecule has 0 spiro atoms. The molecule has 1 N–H and O–H groups in total. The van der Waals surface area contributed by atoms with Crippen LogP contribution in [0, 0.1) is 6.92 Å². The minimum atomic E-state index is -0.286. The number of hydrogen-bond acceptors (Lipinski definition) is 2. The third-order valence-electron chi connectivity index (χ3n) is 2.51. The normalized spacial score (nSPS) is 10.6. The first kappa shape index (κ1) is 13.3. The van der Waals surface area contributed by atoms with Gasteiger partial charge >= 0.3 is 0 Å². The molecule has 0 saturated heterocycles. The number of hydrazone groups is 1. The van der Waals surface area contributed by atoms with E-state index in [1.165, 1.54) is 0 Å². The van der Waals surface area contributed by atoms with Crippen LogP contribution >= 0.6 is 11.6 Å². The summed E-state index contributed by atoms with van der Waals surface area (Å²) in [6.07, 6.45) is 1.61. The average molecular weight is 273 g/mol. The molecule has 0 heterocycles. The quantitative estimate of drug-likeness (QED) is 0.675. The molecule has 2 rings (SSSR count). The Bertz CT molecular complexity index is 623. The molecule has 0 aliphatic heterocycles. The molecule has 96 valence electrons. The third-order valence-corrected chi connectivity index (χ3v) is 2.74. The van der Waals surface area contributed by atoms with Crippen molar-refractivity contribution in [1.29, 1.82) is 0 Å². The first-order valence-electron chi connectivity index (χ1n) is 5.81. The molecule has 0 aliphatic rings. The molecular formula is C15H13ClN2O. The van der Waals surface area contributed by atoms with Crippen LogP contribution in [-0.4, -0.2) is 12.1 Å². The Kier molecular flexibility index (Phi) is 4.31. The second-order valence-corrected chi connectivity index (χ2v) is 4.56. The summed E-state index contributed by atoms with van der Waals surface area (Å²) >= 11 is 5.82. The molecule has 0 bridgehead atoms. The van der Waals surface area contributed by atoms with Gasteiger partial charge in [0.15, 0.2) is 0 Å². The lowest BCUT2D eigenvalue weighted by Gasteiger charge is -2.00. The van der Waals surface area contributed by atoms with Crippen LogP contribution < -0.4 is 5.43 Å². The molecule has 0 radical (unpaired) electrons. The Balaban J connectivity index is 2.01. The van der Waals surface area contributed by atoms with Gasteiger partial charge in [-0.25, -0.2) is 5.43 Å². The SMILES string of the molecule is Cc1cccc(C=NNC(=O)c2cccc(Cl)c2)c1. The summed E-state index contributed by atoms with van der Waals surface area (Å²) in [5.74, 6) is -0.286. The topological polar surface area (TPSA) is 41.5 Å². The zero-order valence-corrected chi connectivity index (χ0v) is 11.2. The Morgan fingerprint density at radius 2 is 2.00 bits per heavy atom. The van der Waals surface area contributed by atoms with E-state index in [1.807, 2.05) is 31.2 Å². The maximum Gasteiger partial charge on any atom is 0.271 e. The Labute approximate surface area is 116 Å². The zero-order chi connectivity index (χ0) is 13.7. The van der Waals surface area contributed by atoms with Crippen LogP contribution in [0.5, 0.6) is 0 Å². The second-order valence-electron chi connectivity index (χ2n) is 4.12. The molecule has 0 fully saturated rings. The van der Waals surface area contributed by atoms with E-state index in [4.69, 9.17) is 11.6 Å². The van der Waals surface area contributed by atoms with Crippen molar-refractivity contribution in [3.8, 4) is 0 Å². The van der Waals surface area contributed by atoms with Gasteiger partial charge in [-0.2, -0.15) is 5.10 Å². The number of benzene rings is 2. The van der Waals surface area contributed by atoms with Crippen molar-refractivity contribution in [1.82, 2.24) is 5.43 Å². The summed E-state index contributed by atoms with van der Waals surface area (Å²) < 4.78 is 0. The van der Waals surface area contributed by atoms with E-state index in [9.17, 15) is 4.79 Å². The van der Waals surface area contributed by atoms with E-state index in [2.05, 4.69) is 10.5 Å². The van der Waals surface area contributed by atoms with Gasteiger partial charge in [0, 0.05) is 10.6 Å². The fourth-order valence-electron chi connectivity index (χ4n) is 1.61. The predicted octanol–water partition coefficient (Wildman–Crippen LogP) is 3.41. The van der Waals surface area contributed by atoms with Crippen LogP contribution in [0.1, 0.15) is 21.5 Å². The summed E-state index contributed by atoms with van der Waals surface area (Å²) in [6.45, 7) is 2.00. The number of carbonyl (C=O) groups is 1. The fourth-order valence-corrected chi connectivity index (χ4v) is 1.80. The number of hydrogen-bond donors (Lipinski definition) is 1. The van der Waals surface area contributed by atoms with E-state index >= 15 is 0 Å². The molecular weight excluding hydrogens is 260 g/mol. The van der Waals surface area contributed by atoms with Crippen LogP contribution in [0.15, 0.2) is 53.6 Å². The number of nitrogens with zero attached hydrogens (tertiary/aromatic N) is 1. The number of carbonyl (C=O) groups excluding carboxylic acids is 1. The second kappa shape index (κ2) is 6.16. The summed E-state index contributed by atoms with van der Waals surface area (Å²) in [4.78, 5) is 11.8. The van der Waals surface area contributed by atoms with Crippen LogP contribution in [-0.2, 0) is 0 Å². The van der Waals surface area contributed by atoms with Gasteiger partial charge in [-0.1, -0.05) is 47.5 Å². The molecule has 0 saturated carbocycles. The van der Waals surface area contributed by atoms with Gasteiger partial charge < -0.3 is 0 Å². The molecule has 0 unspecified atom stereocenters. The molecule has 0 aromatic heterocycles. The van der Waals surface area contributed by atoms with Crippen molar-refractivity contribution in [3.63, 3.8) is 0 Å². The van der Waals surface area contributed by atoms with Crippen LogP contribution in [0.2, 0.25) is 5.02 Å². The summed E-state index contributed by atoms with van der Waals surface area (Å²) in [6, 6.07) is 14.6. The summed E-state index contributed by atoms with van der Waals surface area (Å²) in [5, 5.41) is 4.44. The highest BCUT2D eigenvalue weighted by Gasteiger charge is 2.03. The van der Waals surface area contributed by atoms with Crippen molar-refractivity contribution >= 4 is 23.7 Å². The number of amides is 1. The van der Waals surface area contributed by atoms with E-state index in [0.717, 1.165) is 11.1 Å². The lowest BCUT2D eigenvalue weighted by atomic mass is 10.2. The minimum absolute atomic E-state index is 0.286. The Morgan fingerprint density at radius 3 is 2.74 bits per heavy atom. The first-order chi connectivity index (χ1) is 9.15. The lowest BCUT2D eigenvalue weighted by molar-refractivity contribution is 0.0955. The Morgan fingerprint density at radius 1 is 1.21 bits per heavy atom.